The fourth-order valence-electron chi connectivity index (χ4n) is 2.16. The number of carbonyl (C=O) groups excluding carboxylic acids is 1. The molecule has 0 radical (unpaired) electrons. The van der Waals surface area contributed by atoms with Gasteiger partial charge in [0.05, 0.1) is 41.6 Å². The number of rotatable bonds is 16. The van der Waals surface area contributed by atoms with E-state index >= 15 is 0 Å². The Labute approximate surface area is 185 Å². The molecule has 10 heteroatoms. The standard InChI is InChI=1S/C17H34O8S.Na/c1-4-6-8-10-24-17(3,25-11-9-7-5-2)14-23-16(19)12-15(18)13-26(20,21)22;/h15,18H,4-14H2,1-3H3,(H,20,21,22);/q;+1/p-1. The first kappa shape index (κ1) is 29.5. The van der Waals surface area contributed by atoms with E-state index in [0.717, 1.165) is 38.5 Å². The molecule has 1 N–H and O–H groups in total. The van der Waals surface area contributed by atoms with Gasteiger partial charge in [-0.15, -0.1) is 0 Å². The Morgan fingerprint density at radius 2 is 1.56 bits per heavy atom. The van der Waals surface area contributed by atoms with Gasteiger partial charge < -0.3 is 23.9 Å². The van der Waals surface area contributed by atoms with Crippen molar-refractivity contribution in [2.45, 2.75) is 77.6 Å². The summed E-state index contributed by atoms with van der Waals surface area (Å²) in [5.41, 5.74) is 0. The number of unbranched alkanes of at least 4 members (excludes halogenated alkanes) is 4. The van der Waals surface area contributed by atoms with E-state index in [0.29, 0.717) is 13.2 Å². The molecule has 0 bridgehead atoms. The third-order valence-electron chi connectivity index (χ3n) is 3.60. The molecule has 0 aliphatic carbocycles. The van der Waals surface area contributed by atoms with Gasteiger partial charge in [-0.05, 0) is 19.8 Å². The summed E-state index contributed by atoms with van der Waals surface area (Å²) in [6.07, 6.45) is 3.68. The average molecular weight is 421 g/mol. The van der Waals surface area contributed by atoms with Crippen LogP contribution in [0.1, 0.15) is 65.7 Å². The molecule has 1 atom stereocenters. The molecule has 0 fully saturated rings. The Morgan fingerprint density at radius 1 is 1.07 bits per heavy atom. The quantitative estimate of drug-likeness (QED) is 0.110. The molecule has 1 unspecified atom stereocenters. The van der Waals surface area contributed by atoms with Gasteiger partial charge in [-0.2, -0.15) is 0 Å². The predicted octanol–water partition coefficient (Wildman–Crippen LogP) is -1.04. The minimum Gasteiger partial charge on any atom is -0.748 e. The monoisotopic (exact) mass is 420 g/mol. The van der Waals surface area contributed by atoms with E-state index in [2.05, 4.69) is 13.8 Å². The van der Waals surface area contributed by atoms with Crippen molar-refractivity contribution in [1.82, 2.24) is 0 Å². The zero-order chi connectivity index (χ0) is 20.1. The van der Waals surface area contributed by atoms with Crippen LogP contribution in [0.3, 0.4) is 0 Å². The second-order valence-corrected chi connectivity index (χ2v) is 7.94. The second kappa shape index (κ2) is 16.1. The van der Waals surface area contributed by atoms with Gasteiger partial charge >= 0.3 is 35.5 Å². The molecule has 0 aromatic carbocycles. The molecule has 0 aromatic rings. The van der Waals surface area contributed by atoms with Crippen LogP contribution in [0.2, 0.25) is 0 Å². The van der Waals surface area contributed by atoms with Gasteiger partial charge in [-0.3, -0.25) is 4.79 Å². The maximum atomic E-state index is 11.7. The van der Waals surface area contributed by atoms with Crippen molar-refractivity contribution in [2.75, 3.05) is 25.6 Å². The van der Waals surface area contributed by atoms with Gasteiger partial charge in [0.1, 0.15) is 6.61 Å². The van der Waals surface area contributed by atoms with E-state index in [1.807, 2.05) is 0 Å². The van der Waals surface area contributed by atoms with Crippen molar-refractivity contribution in [1.29, 1.82) is 0 Å². The third-order valence-corrected chi connectivity index (χ3v) is 4.40. The third kappa shape index (κ3) is 18.1. The van der Waals surface area contributed by atoms with Gasteiger partial charge in [-0.25, -0.2) is 8.42 Å². The molecular weight excluding hydrogens is 387 g/mol. The van der Waals surface area contributed by atoms with E-state index in [1.165, 1.54) is 0 Å². The van der Waals surface area contributed by atoms with Crippen molar-refractivity contribution in [2.24, 2.45) is 0 Å². The Balaban J connectivity index is 0. The summed E-state index contributed by atoms with van der Waals surface area (Å²) in [6.45, 7) is 6.59. The molecular formula is C17H33NaO8S. The topological polar surface area (TPSA) is 122 Å². The van der Waals surface area contributed by atoms with E-state index in [-0.39, 0.29) is 36.2 Å². The van der Waals surface area contributed by atoms with Crippen molar-refractivity contribution in [3.8, 4) is 0 Å². The summed E-state index contributed by atoms with van der Waals surface area (Å²) < 4.78 is 48.3. The molecule has 0 saturated heterocycles. The minimum atomic E-state index is -4.60. The smallest absolute Gasteiger partial charge is 0.748 e. The van der Waals surface area contributed by atoms with E-state index in [4.69, 9.17) is 14.2 Å². The molecule has 0 rings (SSSR count). The van der Waals surface area contributed by atoms with Gasteiger partial charge in [0, 0.05) is 0 Å². The van der Waals surface area contributed by atoms with Gasteiger partial charge in [0.15, 0.2) is 5.79 Å². The van der Waals surface area contributed by atoms with Crippen molar-refractivity contribution in [3.05, 3.63) is 0 Å². The molecule has 156 valence electrons. The van der Waals surface area contributed by atoms with Gasteiger partial charge in [-0.1, -0.05) is 39.5 Å². The zero-order valence-corrected chi connectivity index (χ0v) is 19.9. The Kier molecular flexibility index (Phi) is 17.6. The van der Waals surface area contributed by atoms with Gasteiger partial charge in [0.25, 0.3) is 0 Å². The fraction of sp³-hybridized carbons (Fsp3) is 0.941. The van der Waals surface area contributed by atoms with Crippen LogP contribution in [0.4, 0.5) is 0 Å². The van der Waals surface area contributed by atoms with Crippen LogP contribution >= 0.6 is 0 Å². The zero-order valence-electron chi connectivity index (χ0n) is 17.1. The summed E-state index contributed by atoms with van der Waals surface area (Å²) in [5.74, 6) is -2.95. The van der Waals surface area contributed by atoms with E-state index < -0.39 is 40.2 Å². The SMILES string of the molecule is CCCCCOC(C)(COC(=O)CC(O)CS(=O)(=O)[O-])OCCCCC.[Na+]. The number of esters is 1. The Bertz CT molecular complexity index is 471. The first-order chi connectivity index (χ1) is 12.1. The van der Waals surface area contributed by atoms with E-state index in [9.17, 15) is 22.9 Å². The number of carbonyl (C=O) groups is 1. The summed E-state index contributed by atoms with van der Waals surface area (Å²) in [4.78, 5) is 11.7. The first-order valence-corrected chi connectivity index (χ1v) is 10.7. The van der Waals surface area contributed by atoms with Gasteiger partial charge in [0.2, 0.25) is 0 Å². The minimum absolute atomic E-state index is 0. The molecule has 8 nitrogen and oxygen atoms in total. The van der Waals surface area contributed by atoms with Crippen LogP contribution in [-0.2, 0) is 29.1 Å². The Morgan fingerprint density at radius 3 is 1.96 bits per heavy atom. The fourth-order valence-corrected chi connectivity index (χ4v) is 2.75. The van der Waals surface area contributed by atoms with Crippen LogP contribution in [-0.4, -0.2) is 61.5 Å². The van der Waals surface area contributed by atoms with Crippen LogP contribution in [0.15, 0.2) is 0 Å². The number of aliphatic hydroxyl groups excluding tert-OH is 1. The van der Waals surface area contributed by atoms with Crippen LogP contribution in [0.5, 0.6) is 0 Å². The van der Waals surface area contributed by atoms with Crippen LogP contribution in [0, 0.1) is 0 Å². The molecule has 27 heavy (non-hydrogen) atoms. The largest absolute Gasteiger partial charge is 1.00 e. The molecule has 0 aromatic heterocycles. The molecule has 0 heterocycles. The second-order valence-electron chi connectivity index (χ2n) is 6.49. The number of aliphatic hydroxyl groups is 1. The predicted molar refractivity (Wildman–Crippen MR) is 95.5 cm³/mol. The first-order valence-electron chi connectivity index (χ1n) is 9.17. The normalized spacial score (nSPS) is 13.1. The number of hydrogen-bond donors (Lipinski definition) is 1. The van der Waals surface area contributed by atoms with Crippen LogP contribution < -0.4 is 29.6 Å². The van der Waals surface area contributed by atoms with Crippen LogP contribution in [0.25, 0.3) is 0 Å². The summed E-state index contributed by atoms with van der Waals surface area (Å²) in [6, 6.07) is 0. The van der Waals surface area contributed by atoms with Crippen molar-refractivity contribution < 1.29 is 66.6 Å². The summed E-state index contributed by atoms with van der Waals surface area (Å²) >= 11 is 0. The van der Waals surface area contributed by atoms with Crippen molar-refractivity contribution in [3.63, 3.8) is 0 Å². The summed E-state index contributed by atoms with van der Waals surface area (Å²) in [5, 5.41) is 9.44. The molecule has 0 spiro atoms. The summed E-state index contributed by atoms with van der Waals surface area (Å²) in [7, 11) is -4.60. The molecule has 0 amide bonds. The van der Waals surface area contributed by atoms with Crippen molar-refractivity contribution >= 4 is 16.1 Å². The Hall–Kier alpha value is 0.260. The maximum absolute atomic E-state index is 11.7. The molecule has 0 aliphatic heterocycles. The number of ether oxygens (including phenoxy) is 3. The molecule has 0 aliphatic rings. The average Bonchev–Trinajstić information content (AvgIpc) is 2.52. The number of hydrogen-bond acceptors (Lipinski definition) is 8. The van der Waals surface area contributed by atoms with E-state index in [1.54, 1.807) is 6.92 Å². The molecule has 0 saturated carbocycles. The maximum Gasteiger partial charge on any atom is 1.00 e.